The summed E-state index contributed by atoms with van der Waals surface area (Å²) >= 11 is 5.91. The molecule has 0 radical (unpaired) electrons. The third kappa shape index (κ3) is 6.79. The smallest absolute Gasteiger partial charge is 0.308 e. The Labute approximate surface area is 143 Å². The first kappa shape index (κ1) is 19.8. The van der Waals surface area contributed by atoms with E-state index in [4.69, 9.17) is 15.8 Å². The summed E-state index contributed by atoms with van der Waals surface area (Å²) in [4.78, 5) is 13.9. The molecule has 1 aromatic carbocycles. The standard InChI is InChI=1S/C16H24ClNO4S/c1-5-23(20,21)22-15-8-6-14(7-9-15)11-18(10-12(2)3)16(19)13(4)17/h6-9,12-13H,5,10-11H2,1-4H3/t13-/m1/s1. The van der Waals surface area contributed by atoms with Gasteiger partial charge in [0.05, 0.1) is 5.75 Å². The van der Waals surface area contributed by atoms with E-state index in [0.29, 0.717) is 19.0 Å². The van der Waals surface area contributed by atoms with Gasteiger partial charge in [0.1, 0.15) is 11.1 Å². The van der Waals surface area contributed by atoms with Gasteiger partial charge in [0.25, 0.3) is 0 Å². The van der Waals surface area contributed by atoms with Crippen molar-refractivity contribution in [2.45, 2.75) is 39.6 Å². The van der Waals surface area contributed by atoms with Crippen LogP contribution in [0.1, 0.15) is 33.3 Å². The van der Waals surface area contributed by atoms with Crippen molar-refractivity contribution < 1.29 is 17.4 Å². The number of nitrogens with zero attached hydrogens (tertiary/aromatic N) is 1. The van der Waals surface area contributed by atoms with Crippen LogP contribution in [0.4, 0.5) is 0 Å². The van der Waals surface area contributed by atoms with E-state index < -0.39 is 15.5 Å². The van der Waals surface area contributed by atoms with Gasteiger partial charge in [-0.3, -0.25) is 4.79 Å². The predicted molar refractivity (Wildman–Crippen MR) is 92.1 cm³/mol. The van der Waals surface area contributed by atoms with Gasteiger partial charge in [-0.15, -0.1) is 11.6 Å². The summed E-state index contributed by atoms with van der Waals surface area (Å²) in [5.41, 5.74) is 0.887. The van der Waals surface area contributed by atoms with Crippen molar-refractivity contribution in [3.8, 4) is 5.75 Å². The molecule has 0 heterocycles. The van der Waals surface area contributed by atoms with Crippen LogP contribution in [0.5, 0.6) is 5.75 Å². The molecule has 0 bridgehead atoms. The Bertz CT molecular complexity index is 611. The fourth-order valence-corrected chi connectivity index (χ4v) is 2.66. The molecule has 1 amide bonds. The zero-order valence-electron chi connectivity index (χ0n) is 14.0. The Hall–Kier alpha value is -1.27. The highest BCUT2D eigenvalue weighted by Gasteiger charge is 2.20. The molecule has 0 aliphatic rings. The van der Waals surface area contributed by atoms with Gasteiger partial charge in [0.15, 0.2) is 0 Å². The van der Waals surface area contributed by atoms with E-state index in [2.05, 4.69) is 0 Å². The molecule has 0 unspecified atom stereocenters. The molecule has 0 spiro atoms. The van der Waals surface area contributed by atoms with Gasteiger partial charge in [-0.25, -0.2) is 0 Å². The molecule has 7 heteroatoms. The number of halogens is 1. The molecule has 1 rings (SSSR count). The maximum absolute atomic E-state index is 12.2. The Morgan fingerprint density at radius 2 is 1.78 bits per heavy atom. The molecule has 1 atom stereocenters. The van der Waals surface area contributed by atoms with E-state index in [-0.39, 0.29) is 17.4 Å². The first-order chi connectivity index (χ1) is 10.6. The van der Waals surface area contributed by atoms with Crippen molar-refractivity contribution in [1.29, 1.82) is 0 Å². The lowest BCUT2D eigenvalue weighted by molar-refractivity contribution is -0.131. The van der Waals surface area contributed by atoms with Crippen LogP contribution >= 0.6 is 11.6 Å². The molecule has 5 nitrogen and oxygen atoms in total. The minimum Gasteiger partial charge on any atom is -0.382 e. The van der Waals surface area contributed by atoms with E-state index in [0.717, 1.165) is 5.56 Å². The first-order valence-electron chi connectivity index (χ1n) is 7.58. The van der Waals surface area contributed by atoms with Gasteiger partial charge in [-0.2, -0.15) is 8.42 Å². The van der Waals surface area contributed by atoms with Crippen molar-refractivity contribution in [3.63, 3.8) is 0 Å². The van der Waals surface area contributed by atoms with E-state index in [1.165, 1.54) is 6.92 Å². The Morgan fingerprint density at radius 3 is 2.22 bits per heavy atom. The molecule has 0 N–H and O–H groups in total. The summed E-state index contributed by atoms with van der Waals surface area (Å²) in [5, 5.41) is -0.578. The number of amides is 1. The van der Waals surface area contributed by atoms with Crippen LogP contribution in [0.3, 0.4) is 0 Å². The van der Waals surface area contributed by atoms with Gasteiger partial charge in [-0.1, -0.05) is 26.0 Å². The normalized spacial score (nSPS) is 13.0. The predicted octanol–water partition coefficient (Wildman–Crippen LogP) is 3.03. The number of hydrogen-bond donors (Lipinski definition) is 0. The van der Waals surface area contributed by atoms with Gasteiger partial charge in [0.2, 0.25) is 5.91 Å². The summed E-state index contributed by atoms with van der Waals surface area (Å²) in [6.45, 7) is 8.28. The number of carbonyl (C=O) groups is 1. The highest BCUT2D eigenvalue weighted by Crippen LogP contribution is 2.17. The second-order valence-corrected chi connectivity index (χ2v) is 8.32. The topological polar surface area (TPSA) is 63.7 Å². The maximum atomic E-state index is 12.2. The molecule has 0 aromatic heterocycles. The van der Waals surface area contributed by atoms with Gasteiger partial charge in [-0.05, 0) is 37.5 Å². The molecule has 1 aromatic rings. The van der Waals surface area contributed by atoms with Crippen LogP contribution in [0, 0.1) is 5.92 Å². The third-order valence-corrected chi connectivity index (χ3v) is 4.45. The molecule has 0 aliphatic heterocycles. The van der Waals surface area contributed by atoms with Crippen molar-refractivity contribution >= 4 is 27.6 Å². The summed E-state index contributed by atoms with van der Waals surface area (Å²) < 4.78 is 27.8. The summed E-state index contributed by atoms with van der Waals surface area (Å²) in [6, 6.07) is 6.68. The number of alkyl halides is 1. The summed E-state index contributed by atoms with van der Waals surface area (Å²) in [6.07, 6.45) is 0. The van der Waals surface area contributed by atoms with Gasteiger partial charge in [0, 0.05) is 13.1 Å². The first-order valence-corrected chi connectivity index (χ1v) is 9.60. The molecule has 0 aliphatic carbocycles. The second-order valence-electron chi connectivity index (χ2n) is 5.80. The van der Waals surface area contributed by atoms with Crippen LogP contribution in [-0.2, 0) is 21.5 Å². The zero-order valence-corrected chi connectivity index (χ0v) is 15.5. The van der Waals surface area contributed by atoms with Crippen LogP contribution in [0.25, 0.3) is 0 Å². The quantitative estimate of drug-likeness (QED) is 0.527. The summed E-state index contributed by atoms with van der Waals surface area (Å²) in [7, 11) is -3.53. The van der Waals surface area contributed by atoms with E-state index in [1.54, 1.807) is 36.1 Å². The average molecular weight is 362 g/mol. The van der Waals surface area contributed by atoms with Gasteiger partial charge < -0.3 is 9.08 Å². The van der Waals surface area contributed by atoms with Crippen molar-refractivity contribution in [2.75, 3.05) is 12.3 Å². The maximum Gasteiger partial charge on any atom is 0.308 e. The van der Waals surface area contributed by atoms with Crippen LogP contribution < -0.4 is 4.18 Å². The Morgan fingerprint density at radius 1 is 1.22 bits per heavy atom. The molecular weight excluding hydrogens is 338 g/mol. The third-order valence-electron chi connectivity index (χ3n) is 3.11. The van der Waals surface area contributed by atoms with E-state index in [1.807, 2.05) is 13.8 Å². The Balaban J connectivity index is 2.83. The monoisotopic (exact) mass is 361 g/mol. The van der Waals surface area contributed by atoms with Crippen LogP contribution in [0.2, 0.25) is 0 Å². The van der Waals surface area contributed by atoms with Crippen LogP contribution in [-0.4, -0.2) is 36.9 Å². The minimum absolute atomic E-state index is 0.0843. The van der Waals surface area contributed by atoms with Crippen molar-refractivity contribution in [2.24, 2.45) is 5.92 Å². The lowest BCUT2D eigenvalue weighted by atomic mass is 10.1. The second kappa shape index (κ2) is 8.55. The SMILES string of the molecule is CCS(=O)(=O)Oc1ccc(CN(CC(C)C)C(=O)[C@@H](C)Cl)cc1. The minimum atomic E-state index is -3.53. The fourth-order valence-electron chi connectivity index (χ4n) is 2.00. The molecular formula is C16H24ClNO4S. The van der Waals surface area contributed by atoms with Gasteiger partial charge >= 0.3 is 10.1 Å². The van der Waals surface area contributed by atoms with Crippen molar-refractivity contribution in [3.05, 3.63) is 29.8 Å². The summed E-state index contributed by atoms with van der Waals surface area (Å²) in [5.74, 6) is 0.392. The average Bonchev–Trinajstić information content (AvgIpc) is 2.47. The molecule has 0 saturated carbocycles. The lowest BCUT2D eigenvalue weighted by Gasteiger charge is -2.26. The number of rotatable bonds is 8. The number of benzene rings is 1. The molecule has 0 saturated heterocycles. The molecule has 130 valence electrons. The van der Waals surface area contributed by atoms with Crippen LogP contribution in [0.15, 0.2) is 24.3 Å². The highest BCUT2D eigenvalue weighted by molar-refractivity contribution is 7.87. The zero-order chi connectivity index (χ0) is 17.6. The molecule has 0 fully saturated rings. The van der Waals surface area contributed by atoms with Crippen molar-refractivity contribution in [1.82, 2.24) is 4.90 Å². The fraction of sp³-hybridized carbons (Fsp3) is 0.562. The molecule has 23 heavy (non-hydrogen) atoms. The number of carbonyl (C=O) groups excluding carboxylic acids is 1. The lowest BCUT2D eigenvalue weighted by Crippen LogP contribution is -2.37. The number of hydrogen-bond acceptors (Lipinski definition) is 4. The van der Waals surface area contributed by atoms with E-state index in [9.17, 15) is 13.2 Å². The Kier molecular flexibility index (Phi) is 7.35. The highest BCUT2D eigenvalue weighted by atomic mass is 35.5. The van der Waals surface area contributed by atoms with E-state index >= 15 is 0 Å². The largest absolute Gasteiger partial charge is 0.382 e.